The second kappa shape index (κ2) is 7.25. The van der Waals surface area contributed by atoms with Crippen molar-refractivity contribution < 1.29 is 22.4 Å². The van der Waals surface area contributed by atoms with E-state index in [-0.39, 0.29) is 22.3 Å². The highest BCUT2D eigenvalue weighted by Gasteiger charge is 2.30. The van der Waals surface area contributed by atoms with Crippen molar-refractivity contribution in [3.05, 3.63) is 77.1 Å². The van der Waals surface area contributed by atoms with E-state index >= 15 is 0 Å². The summed E-state index contributed by atoms with van der Waals surface area (Å²) in [6, 6.07) is 9.96. The number of pyridine rings is 1. The molecule has 0 bridgehead atoms. The van der Waals surface area contributed by atoms with E-state index in [0.717, 1.165) is 18.2 Å². The number of benzene rings is 2. The van der Waals surface area contributed by atoms with E-state index in [1.807, 2.05) is 0 Å². The van der Waals surface area contributed by atoms with Crippen LogP contribution in [-0.2, 0) is 6.18 Å². The number of amides is 1. The Labute approximate surface area is 165 Å². The number of halogens is 4. The number of anilines is 1. The number of nitrogens with zero attached hydrogens (tertiary/aromatic N) is 2. The number of alkyl halides is 3. The first-order chi connectivity index (χ1) is 13.8. The Hall–Kier alpha value is -3.33. The number of fused-ring (bicyclic) bond motifs is 1. The maximum absolute atomic E-state index is 14.0. The lowest BCUT2D eigenvalue weighted by Crippen LogP contribution is -2.13. The molecule has 0 unspecified atom stereocenters. The molecule has 2 aromatic heterocycles. The van der Waals surface area contributed by atoms with Crippen LogP contribution < -0.4 is 5.32 Å². The minimum Gasteiger partial charge on any atom is -0.298 e. The van der Waals surface area contributed by atoms with Crippen molar-refractivity contribution in [3.63, 3.8) is 0 Å². The van der Waals surface area contributed by atoms with Gasteiger partial charge in [0, 0.05) is 22.5 Å². The molecule has 0 aliphatic carbocycles. The Balaban J connectivity index is 1.81. The van der Waals surface area contributed by atoms with Crippen molar-refractivity contribution in [2.75, 3.05) is 5.32 Å². The Morgan fingerprint density at radius 3 is 2.62 bits per heavy atom. The minimum absolute atomic E-state index is 0.0379. The molecule has 1 N–H and O–H groups in total. The molecular weight excluding hydrogens is 406 g/mol. The van der Waals surface area contributed by atoms with Gasteiger partial charge < -0.3 is 0 Å². The SMILES string of the molecule is O=C(Nc1nccs1)c1cc(F)cc2ccc(-c3cccc(C(F)(F)F)c3)nc12. The topological polar surface area (TPSA) is 54.9 Å². The molecule has 9 heteroatoms. The maximum Gasteiger partial charge on any atom is 0.416 e. The molecule has 0 fully saturated rings. The van der Waals surface area contributed by atoms with Gasteiger partial charge in [0.25, 0.3) is 5.91 Å². The normalized spacial score (nSPS) is 11.6. The monoisotopic (exact) mass is 417 g/mol. The lowest BCUT2D eigenvalue weighted by Gasteiger charge is -2.11. The summed E-state index contributed by atoms with van der Waals surface area (Å²) in [7, 11) is 0. The third-order valence-corrected chi connectivity index (χ3v) is 4.83. The molecule has 0 aliphatic heterocycles. The summed E-state index contributed by atoms with van der Waals surface area (Å²) in [6.07, 6.45) is -2.98. The molecule has 4 rings (SSSR count). The molecule has 2 aromatic carbocycles. The van der Waals surface area contributed by atoms with Crippen LogP contribution in [0.4, 0.5) is 22.7 Å². The van der Waals surface area contributed by atoms with Gasteiger partial charge in [-0.05, 0) is 30.3 Å². The molecule has 0 atom stereocenters. The van der Waals surface area contributed by atoms with Gasteiger partial charge in [0.2, 0.25) is 0 Å². The van der Waals surface area contributed by atoms with Crippen LogP contribution in [0.2, 0.25) is 0 Å². The lowest BCUT2D eigenvalue weighted by atomic mass is 10.0. The van der Waals surface area contributed by atoms with E-state index in [0.29, 0.717) is 10.5 Å². The Kier molecular flexibility index (Phi) is 4.75. The summed E-state index contributed by atoms with van der Waals surface area (Å²) < 4.78 is 53.0. The largest absolute Gasteiger partial charge is 0.416 e. The van der Waals surface area contributed by atoms with Gasteiger partial charge in [-0.2, -0.15) is 13.2 Å². The third-order valence-electron chi connectivity index (χ3n) is 4.14. The predicted molar refractivity (Wildman–Crippen MR) is 102 cm³/mol. The number of hydrogen-bond donors (Lipinski definition) is 1. The van der Waals surface area contributed by atoms with Crippen molar-refractivity contribution in [1.82, 2.24) is 9.97 Å². The fraction of sp³-hybridized carbons (Fsp3) is 0.0500. The van der Waals surface area contributed by atoms with E-state index in [1.165, 1.54) is 47.9 Å². The lowest BCUT2D eigenvalue weighted by molar-refractivity contribution is -0.137. The molecule has 146 valence electrons. The second-order valence-corrected chi connectivity index (χ2v) is 6.99. The number of nitrogens with one attached hydrogen (secondary N) is 1. The zero-order valence-corrected chi connectivity index (χ0v) is 15.3. The Morgan fingerprint density at radius 2 is 1.90 bits per heavy atom. The number of rotatable bonds is 3. The summed E-state index contributed by atoms with van der Waals surface area (Å²) >= 11 is 1.20. The molecule has 0 radical (unpaired) electrons. The highest BCUT2D eigenvalue weighted by atomic mass is 32.1. The van der Waals surface area contributed by atoms with Crippen LogP contribution in [0.5, 0.6) is 0 Å². The van der Waals surface area contributed by atoms with Gasteiger partial charge in [-0.25, -0.2) is 14.4 Å². The Morgan fingerprint density at radius 1 is 1.07 bits per heavy atom. The minimum atomic E-state index is -4.49. The summed E-state index contributed by atoms with van der Waals surface area (Å²) in [4.78, 5) is 20.9. The fourth-order valence-electron chi connectivity index (χ4n) is 2.84. The van der Waals surface area contributed by atoms with E-state index in [9.17, 15) is 22.4 Å². The maximum atomic E-state index is 14.0. The highest BCUT2D eigenvalue weighted by Crippen LogP contribution is 2.32. The van der Waals surface area contributed by atoms with Crippen LogP contribution in [0.1, 0.15) is 15.9 Å². The molecule has 0 aliphatic rings. The van der Waals surface area contributed by atoms with Gasteiger partial charge in [0.15, 0.2) is 5.13 Å². The quantitative estimate of drug-likeness (QED) is 0.431. The average molecular weight is 417 g/mol. The molecular formula is C20H11F4N3OS. The number of thiazole rings is 1. The summed E-state index contributed by atoms with van der Waals surface area (Å²) in [5, 5.41) is 4.92. The molecule has 29 heavy (non-hydrogen) atoms. The Bertz CT molecular complexity index is 1210. The molecule has 0 saturated carbocycles. The number of carbonyl (C=O) groups excluding carboxylic acids is 1. The number of carbonyl (C=O) groups is 1. The van der Waals surface area contributed by atoms with Crippen LogP contribution in [0.3, 0.4) is 0 Å². The summed E-state index contributed by atoms with van der Waals surface area (Å²) in [6.45, 7) is 0. The number of hydrogen-bond acceptors (Lipinski definition) is 4. The van der Waals surface area contributed by atoms with Gasteiger partial charge >= 0.3 is 6.18 Å². The third kappa shape index (κ3) is 3.95. The molecule has 0 saturated heterocycles. The van der Waals surface area contributed by atoms with Crippen molar-refractivity contribution in [1.29, 1.82) is 0 Å². The van der Waals surface area contributed by atoms with Crippen LogP contribution in [-0.4, -0.2) is 15.9 Å². The van der Waals surface area contributed by atoms with Crippen LogP contribution in [0.25, 0.3) is 22.2 Å². The van der Waals surface area contributed by atoms with Crippen molar-refractivity contribution in [2.45, 2.75) is 6.18 Å². The van der Waals surface area contributed by atoms with Gasteiger partial charge in [-0.1, -0.05) is 18.2 Å². The molecule has 1 amide bonds. The zero-order valence-electron chi connectivity index (χ0n) is 14.5. The number of aromatic nitrogens is 2. The van der Waals surface area contributed by atoms with Crippen LogP contribution >= 0.6 is 11.3 Å². The first-order valence-corrected chi connectivity index (χ1v) is 9.18. The molecule has 0 spiro atoms. The van der Waals surface area contributed by atoms with Gasteiger partial charge in [-0.3, -0.25) is 10.1 Å². The van der Waals surface area contributed by atoms with Gasteiger partial charge in [0.05, 0.1) is 22.3 Å². The predicted octanol–water partition coefficient (Wildman–Crippen LogP) is 5.77. The van der Waals surface area contributed by atoms with E-state index in [4.69, 9.17) is 0 Å². The fourth-order valence-corrected chi connectivity index (χ4v) is 3.36. The average Bonchev–Trinajstić information content (AvgIpc) is 3.19. The first-order valence-electron chi connectivity index (χ1n) is 8.30. The van der Waals surface area contributed by atoms with Crippen LogP contribution in [0.15, 0.2) is 60.1 Å². The van der Waals surface area contributed by atoms with Crippen molar-refractivity contribution in [2.24, 2.45) is 0 Å². The van der Waals surface area contributed by atoms with E-state index < -0.39 is 23.5 Å². The molecule has 2 heterocycles. The summed E-state index contributed by atoms with van der Waals surface area (Å²) in [5.41, 5.74) is -0.201. The van der Waals surface area contributed by atoms with Gasteiger partial charge in [-0.15, -0.1) is 11.3 Å². The standard InChI is InChI=1S/C20H11F4N3OS/c21-14-9-12-4-5-16(11-2-1-3-13(8-11)20(22,23)24)26-17(12)15(10-14)18(28)27-19-25-6-7-29-19/h1-10H,(H,25,27,28). The van der Waals surface area contributed by atoms with Crippen molar-refractivity contribution >= 4 is 33.3 Å². The smallest absolute Gasteiger partial charge is 0.298 e. The first kappa shape index (κ1) is 19.0. The highest BCUT2D eigenvalue weighted by molar-refractivity contribution is 7.13. The zero-order chi connectivity index (χ0) is 20.6. The van der Waals surface area contributed by atoms with Crippen LogP contribution in [0, 0.1) is 5.82 Å². The van der Waals surface area contributed by atoms with Crippen molar-refractivity contribution in [3.8, 4) is 11.3 Å². The van der Waals surface area contributed by atoms with E-state index in [1.54, 1.807) is 5.38 Å². The summed E-state index contributed by atoms with van der Waals surface area (Å²) in [5.74, 6) is -1.24. The molecule has 4 aromatic rings. The molecule has 4 nitrogen and oxygen atoms in total. The second-order valence-electron chi connectivity index (χ2n) is 6.09. The van der Waals surface area contributed by atoms with Gasteiger partial charge in [0.1, 0.15) is 5.82 Å². The van der Waals surface area contributed by atoms with E-state index in [2.05, 4.69) is 15.3 Å².